The van der Waals surface area contributed by atoms with Gasteiger partial charge in [-0.25, -0.2) is 0 Å². The fraction of sp³-hybridized carbons (Fsp3) is 0.462. The highest BCUT2D eigenvalue weighted by atomic mass is 16.4. The predicted molar refractivity (Wildman–Crippen MR) is 62.8 cm³/mol. The molecule has 0 aliphatic rings. The van der Waals surface area contributed by atoms with Crippen LogP contribution in [0.25, 0.3) is 0 Å². The van der Waals surface area contributed by atoms with Crippen molar-refractivity contribution in [3.8, 4) is 0 Å². The number of unbranched alkanes of at least 4 members (excludes halogenated alkanes) is 1. The van der Waals surface area contributed by atoms with Gasteiger partial charge in [-0.2, -0.15) is 0 Å². The number of rotatable bonds is 4. The Morgan fingerprint density at radius 3 is 1.80 bits per heavy atom. The molecule has 84 valence electrons. The molecule has 0 radical (unpaired) electrons. The summed E-state index contributed by atoms with van der Waals surface area (Å²) < 4.78 is 0. The smallest absolute Gasteiger partial charge is 0.306 e. The van der Waals surface area contributed by atoms with Crippen LogP contribution in [0, 0.1) is 5.92 Å². The normalized spacial score (nSPS) is 11.1. The summed E-state index contributed by atoms with van der Waals surface area (Å²) in [6.45, 7) is 3.81. The highest BCUT2D eigenvalue weighted by Gasteiger charge is 2.08. The first-order valence-corrected chi connectivity index (χ1v) is 5.41. The van der Waals surface area contributed by atoms with Crippen LogP contribution in [-0.2, 0) is 4.79 Å². The molecule has 0 saturated carbocycles. The summed E-state index contributed by atoms with van der Waals surface area (Å²) in [7, 11) is 0. The minimum absolute atomic E-state index is 0.162. The van der Waals surface area contributed by atoms with Crippen LogP contribution in [0.1, 0.15) is 33.1 Å². The van der Waals surface area contributed by atoms with Crippen molar-refractivity contribution in [1.82, 2.24) is 0 Å². The fourth-order valence-corrected chi connectivity index (χ4v) is 1.02. The van der Waals surface area contributed by atoms with Gasteiger partial charge in [-0.15, -0.1) is 0 Å². The van der Waals surface area contributed by atoms with Gasteiger partial charge in [-0.05, 0) is 6.42 Å². The summed E-state index contributed by atoms with van der Waals surface area (Å²) in [6, 6.07) is 12.0. The molecule has 0 spiro atoms. The number of carbonyl (C=O) groups is 1. The monoisotopic (exact) mass is 208 g/mol. The number of benzene rings is 1. The average Bonchev–Trinajstić information content (AvgIpc) is 2.29. The number of aliphatic carboxylic acids is 1. The van der Waals surface area contributed by atoms with E-state index < -0.39 is 5.97 Å². The van der Waals surface area contributed by atoms with Gasteiger partial charge in [-0.3, -0.25) is 4.79 Å². The number of hydrogen-bond acceptors (Lipinski definition) is 1. The van der Waals surface area contributed by atoms with Crippen molar-refractivity contribution in [3.05, 3.63) is 36.4 Å². The molecular formula is C13H20O2. The van der Waals surface area contributed by atoms with Gasteiger partial charge in [0.05, 0.1) is 5.92 Å². The lowest BCUT2D eigenvalue weighted by Gasteiger charge is -2.02. The maximum absolute atomic E-state index is 10.2. The quantitative estimate of drug-likeness (QED) is 0.821. The third kappa shape index (κ3) is 9.01. The molecule has 0 aliphatic heterocycles. The molecule has 0 heterocycles. The van der Waals surface area contributed by atoms with E-state index in [-0.39, 0.29) is 5.92 Å². The van der Waals surface area contributed by atoms with Gasteiger partial charge >= 0.3 is 5.97 Å². The Morgan fingerprint density at radius 2 is 1.53 bits per heavy atom. The number of hydrogen-bond donors (Lipinski definition) is 1. The summed E-state index contributed by atoms with van der Waals surface area (Å²) in [4.78, 5) is 10.2. The van der Waals surface area contributed by atoms with E-state index in [1.165, 1.54) is 0 Å². The predicted octanol–water partition coefficient (Wildman–Crippen LogP) is 3.58. The second-order valence-corrected chi connectivity index (χ2v) is 3.54. The maximum Gasteiger partial charge on any atom is 0.306 e. The SMILES string of the molecule is CCCCC(C)C(=O)O.c1ccccc1. The third-order valence-electron chi connectivity index (χ3n) is 2.08. The van der Waals surface area contributed by atoms with E-state index in [4.69, 9.17) is 5.11 Å². The molecule has 1 rings (SSSR count). The molecule has 0 aliphatic carbocycles. The highest BCUT2D eigenvalue weighted by molar-refractivity contribution is 5.69. The summed E-state index contributed by atoms with van der Waals surface area (Å²) in [6.07, 6.45) is 2.91. The number of carboxylic acids is 1. The Bertz CT molecular complexity index is 217. The molecule has 0 amide bonds. The lowest BCUT2D eigenvalue weighted by Crippen LogP contribution is -2.08. The zero-order valence-electron chi connectivity index (χ0n) is 9.52. The Kier molecular flexibility index (Phi) is 8.44. The lowest BCUT2D eigenvalue weighted by atomic mass is 10.1. The van der Waals surface area contributed by atoms with Gasteiger partial charge in [0.15, 0.2) is 0 Å². The van der Waals surface area contributed by atoms with Crippen LogP contribution in [0.5, 0.6) is 0 Å². The number of carboxylic acid groups (broad SMARTS) is 1. The van der Waals surface area contributed by atoms with E-state index in [0.29, 0.717) is 0 Å². The van der Waals surface area contributed by atoms with E-state index in [1.807, 2.05) is 36.4 Å². The summed E-state index contributed by atoms with van der Waals surface area (Å²) in [5, 5.41) is 8.41. The topological polar surface area (TPSA) is 37.3 Å². The molecule has 1 N–H and O–H groups in total. The second kappa shape index (κ2) is 9.25. The van der Waals surface area contributed by atoms with E-state index in [1.54, 1.807) is 6.92 Å². The molecule has 2 nitrogen and oxygen atoms in total. The molecule has 15 heavy (non-hydrogen) atoms. The average molecular weight is 208 g/mol. The molecular weight excluding hydrogens is 188 g/mol. The van der Waals surface area contributed by atoms with Crippen LogP contribution in [0.4, 0.5) is 0 Å². The van der Waals surface area contributed by atoms with E-state index in [2.05, 4.69) is 6.92 Å². The standard InChI is InChI=1S/C7H14O2.C6H6/c1-3-4-5-6(2)7(8)9;1-2-4-6-5-3-1/h6H,3-5H2,1-2H3,(H,8,9);1-6H. The molecule has 0 fully saturated rings. The van der Waals surface area contributed by atoms with Gasteiger partial charge in [0, 0.05) is 0 Å². The van der Waals surface area contributed by atoms with Gasteiger partial charge in [0.25, 0.3) is 0 Å². The van der Waals surface area contributed by atoms with Crippen molar-refractivity contribution < 1.29 is 9.90 Å². The van der Waals surface area contributed by atoms with Crippen molar-refractivity contribution in [1.29, 1.82) is 0 Å². The Balaban J connectivity index is 0.000000280. The van der Waals surface area contributed by atoms with Crippen molar-refractivity contribution >= 4 is 5.97 Å². The molecule has 1 atom stereocenters. The van der Waals surface area contributed by atoms with Crippen molar-refractivity contribution in [3.63, 3.8) is 0 Å². The van der Waals surface area contributed by atoms with Crippen LogP contribution in [0.2, 0.25) is 0 Å². The fourth-order valence-electron chi connectivity index (χ4n) is 1.02. The Morgan fingerprint density at radius 1 is 1.13 bits per heavy atom. The van der Waals surface area contributed by atoms with Gasteiger partial charge in [-0.1, -0.05) is 63.1 Å². The van der Waals surface area contributed by atoms with Crippen LogP contribution >= 0.6 is 0 Å². The second-order valence-electron chi connectivity index (χ2n) is 3.54. The molecule has 0 aromatic heterocycles. The lowest BCUT2D eigenvalue weighted by molar-refractivity contribution is -0.141. The zero-order valence-corrected chi connectivity index (χ0v) is 9.52. The van der Waals surface area contributed by atoms with Gasteiger partial charge < -0.3 is 5.11 Å². The van der Waals surface area contributed by atoms with E-state index >= 15 is 0 Å². The van der Waals surface area contributed by atoms with E-state index in [0.717, 1.165) is 19.3 Å². The van der Waals surface area contributed by atoms with Crippen LogP contribution in [-0.4, -0.2) is 11.1 Å². The first kappa shape index (κ1) is 13.7. The van der Waals surface area contributed by atoms with Crippen LogP contribution in [0.15, 0.2) is 36.4 Å². The van der Waals surface area contributed by atoms with Gasteiger partial charge in [0.1, 0.15) is 0 Å². The minimum atomic E-state index is -0.677. The maximum atomic E-state index is 10.2. The molecule has 0 saturated heterocycles. The van der Waals surface area contributed by atoms with Gasteiger partial charge in [0.2, 0.25) is 0 Å². The van der Waals surface area contributed by atoms with Crippen molar-refractivity contribution in [2.45, 2.75) is 33.1 Å². The Labute approximate surface area is 91.9 Å². The first-order valence-electron chi connectivity index (χ1n) is 5.41. The van der Waals surface area contributed by atoms with Crippen molar-refractivity contribution in [2.75, 3.05) is 0 Å². The molecule has 2 heteroatoms. The summed E-state index contributed by atoms with van der Waals surface area (Å²) in [5.41, 5.74) is 0. The Hall–Kier alpha value is -1.31. The largest absolute Gasteiger partial charge is 0.481 e. The summed E-state index contributed by atoms with van der Waals surface area (Å²) in [5.74, 6) is -0.839. The highest BCUT2D eigenvalue weighted by Crippen LogP contribution is 2.06. The van der Waals surface area contributed by atoms with Crippen LogP contribution in [0.3, 0.4) is 0 Å². The third-order valence-corrected chi connectivity index (χ3v) is 2.08. The molecule has 1 aromatic carbocycles. The molecule has 1 aromatic rings. The van der Waals surface area contributed by atoms with Crippen LogP contribution < -0.4 is 0 Å². The van der Waals surface area contributed by atoms with E-state index in [9.17, 15) is 4.79 Å². The minimum Gasteiger partial charge on any atom is -0.481 e. The van der Waals surface area contributed by atoms with Crippen molar-refractivity contribution in [2.24, 2.45) is 5.92 Å². The summed E-state index contributed by atoms with van der Waals surface area (Å²) >= 11 is 0. The first-order chi connectivity index (χ1) is 7.18. The molecule has 0 bridgehead atoms. The molecule has 1 unspecified atom stereocenters. The zero-order chi connectivity index (χ0) is 11.5.